The second kappa shape index (κ2) is 5.93. The quantitative estimate of drug-likeness (QED) is 0.797. The SMILES string of the molecule is CC(C)(C)OC(=O)N1CCO[C@@H](c2nccnc2Cl)C1. The molecule has 1 aromatic heterocycles. The van der Waals surface area contributed by atoms with Gasteiger partial charge in [0.25, 0.3) is 0 Å². The molecule has 0 spiro atoms. The van der Waals surface area contributed by atoms with Gasteiger partial charge in [-0.2, -0.15) is 0 Å². The van der Waals surface area contributed by atoms with Gasteiger partial charge in [0.2, 0.25) is 0 Å². The van der Waals surface area contributed by atoms with E-state index in [1.54, 1.807) is 11.1 Å². The predicted molar refractivity (Wildman–Crippen MR) is 73.5 cm³/mol. The van der Waals surface area contributed by atoms with Crippen molar-refractivity contribution in [2.45, 2.75) is 32.5 Å². The van der Waals surface area contributed by atoms with Crippen LogP contribution in [0.5, 0.6) is 0 Å². The van der Waals surface area contributed by atoms with E-state index in [1.807, 2.05) is 20.8 Å². The molecule has 0 saturated carbocycles. The first kappa shape index (κ1) is 15.0. The zero-order chi connectivity index (χ0) is 14.8. The Bertz CT molecular complexity index is 490. The van der Waals surface area contributed by atoms with Crippen molar-refractivity contribution >= 4 is 17.7 Å². The largest absolute Gasteiger partial charge is 0.444 e. The second-order valence-electron chi connectivity index (χ2n) is 5.52. The number of amides is 1. The highest BCUT2D eigenvalue weighted by atomic mass is 35.5. The van der Waals surface area contributed by atoms with Crippen molar-refractivity contribution in [2.75, 3.05) is 19.7 Å². The zero-order valence-corrected chi connectivity index (χ0v) is 12.6. The number of nitrogens with zero attached hydrogens (tertiary/aromatic N) is 3. The van der Waals surface area contributed by atoms with Gasteiger partial charge in [0, 0.05) is 18.9 Å². The molecule has 0 N–H and O–H groups in total. The first-order valence-electron chi connectivity index (χ1n) is 6.43. The van der Waals surface area contributed by atoms with Crippen LogP contribution >= 0.6 is 11.6 Å². The summed E-state index contributed by atoms with van der Waals surface area (Å²) in [6.45, 7) is 6.76. The van der Waals surface area contributed by atoms with Gasteiger partial charge in [-0.05, 0) is 20.8 Å². The number of hydrogen-bond acceptors (Lipinski definition) is 5. The molecular formula is C13H18ClN3O3. The molecule has 20 heavy (non-hydrogen) atoms. The maximum atomic E-state index is 12.1. The lowest BCUT2D eigenvalue weighted by Crippen LogP contribution is -2.44. The summed E-state index contributed by atoms with van der Waals surface area (Å²) in [7, 11) is 0. The standard InChI is InChI=1S/C13H18ClN3O3/c1-13(2,3)20-12(18)17-6-7-19-9(8-17)10-11(14)16-5-4-15-10/h4-5,9H,6-8H2,1-3H3/t9-/m1/s1. The first-order chi connectivity index (χ1) is 9.37. The van der Waals surface area contributed by atoms with Gasteiger partial charge < -0.3 is 14.4 Å². The Kier molecular flexibility index (Phi) is 4.45. The van der Waals surface area contributed by atoms with Crippen molar-refractivity contribution in [3.63, 3.8) is 0 Å². The Morgan fingerprint density at radius 3 is 2.80 bits per heavy atom. The summed E-state index contributed by atoms with van der Waals surface area (Å²) in [5.41, 5.74) is 0.0251. The third kappa shape index (κ3) is 3.80. The first-order valence-corrected chi connectivity index (χ1v) is 6.80. The fourth-order valence-corrected chi connectivity index (χ4v) is 2.08. The summed E-state index contributed by atoms with van der Waals surface area (Å²) in [5.74, 6) is 0. The minimum absolute atomic E-state index is 0.295. The van der Waals surface area contributed by atoms with E-state index in [9.17, 15) is 4.79 Å². The molecule has 1 aliphatic heterocycles. The molecule has 0 radical (unpaired) electrons. The summed E-state index contributed by atoms with van der Waals surface area (Å²) in [6.07, 6.45) is 2.33. The number of carbonyl (C=O) groups is 1. The van der Waals surface area contributed by atoms with E-state index >= 15 is 0 Å². The molecule has 6 nitrogen and oxygen atoms in total. The minimum Gasteiger partial charge on any atom is -0.444 e. The molecule has 110 valence electrons. The third-order valence-corrected chi connectivity index (χ3v) is 2.99. The van der Waals surface area contributed by atoms with Crippen LogP contribution in [-0.4, -0.2) is 46.3 Å². The van der Waals surface area contributed by atoms with Crippen LogP contribution < -0.4 is 0 Å². The maximum Gasteiger partial charge on any atom is 0.410 e. The summed E-state index contributed by atoms with van der Waals surface area (Å²) in [5, 5.41) is 0.295. The van der Waals surface area contributed by atoms with Gasteiger partial charge in [-0.3, -0.25) is 4.98 Å². The lowest BCUT2D eigenvalue weighted by Gasteiger charge is -2.34. The molecule has 7 heteroatoms. The van der Waals surface area contributed by atoms with Gasteiger partial charge >= 0.3 is 6.09 Å². The summed E-state index contributed by atoms with van der Waals surface area (Å²) in [6, 6.07) is 0. The number of carbonyl (C=O) groups excluding carboxylic acids is 1. The van der Waals surface area contributed by atoms with E-state index in [0.717, 1.165) is 0 Å². The fourth-order valence-electron chi connectivity index (χ4n) is 1.85. The van der Waals surface area contributed by atoms with Crippen molar-refractivity contribution in [3.05, 3.63) is 23.2 Å². The third-order valence-electron chi connectivity index (χ3n) is 2.70. The van der Waals surface area contributed by atoms with E-state index in [1.165, 1.54) is 6.20 Å². The second-order valence-corrected chi connectivity index (χ2v) is 5.88. The Labute approximate surface area is 123 Å². The smallest absolute Gasteiger partial charge is 0.410 e. The summed E-state index contributed by atoms with van der Waals surface area (Å²) < 4.78 is 11.0. The molecule has 1 saturated heterocycles. The highest BCUT2D eigenvalue weighted by Crippen LogP contribution is 2.25. The molecule has 0 bridgehead atoms. The van der Waals surface area contributed by atoms with Gasteiger partial charge in [0.05, 0.1) is 13.2 Å². The highest BCUT2D eigenvalue weighted by molar-refractivity contribution is 6.30. The average Bonchev–Trinajstić information content (AvgIpc) is 2.37. The number of rotatable bonds is 1. The van der Waals surface area contributed by atoms with Gasteiger partial charge in [-0.15, -0.1) is 0 Å². The van der Waals surface area contributed by atoms with E-state index in [-0.39, 0.29) is 12.2 Å². The molecule has 1 aromatic rings. The Balaban J connectivity index is 2.06. The molecule has 0 aromatic carbocycles. The van der Waals surface area contributed by atoms with Gasteiger partial charge in [0.1, 0.15) is 17.4 Å². The summed E-state index contributed by atoms with van der Waals surface area (Å²) in [4.78, 5) is 21.8. The van der Waals surface area contributed by atoms with Crippen LogP contribution in [0.2, 0.25) is 5.15 Å². The van der Waals surface area contributed by atoms with Crippen LogP contribution in [0, 0.1) is 0 Å². The molecule has 0 unspecified atom stereocenters. The number of ether oxygens (including phenoxy) is 2. The Morgan fingerprint density at radius 1 is 1.45 bits per heavy atom. The molecule has 1 amide bonds. The Hall–Kier alpha value is -1.40. The molecular weight excluding hydrogens is 282 g/mol. The topological polar surface area (TPSA) is 64.5 Å². The van der Waals surface area contributed by atoms with Crippen molar-refractivity contribution in [1.29, 1.82) is 0 Å². The average molecular weight is 300 g/mol. The van der Waals surface area contributed by atoms with E-state index < -0.39 is 5.60 Å². The molecule has 1 aliphatic rings. The molecule has 1 atom stereocenters. The minimum atomic E-state index is -0.519. The van der Waals surface area contributed by atoms with Crippen LogP contribution in [0.3, 0.4) is 0 Å². The molecule has 1 fully saturated rings. The van der Waals surface area contributed by atoms with Crippen LogP contribution in [-0.2, 0) is 9.47 Å². The fraction of sp³-hybridized carbons (Fsp3) is 0.615. The monoisotopic (exact) mass is 299 g/mol. The number of morpholine rings is 1. The molecule has 2 rings (SSSR count). The molecule has 0 aliphatic carbocycles. The number of halogens is 1. The van der Waals surface area contributed by atoms with E-state index in [0.29, 0.717) is 30.5 Å². The molecule has 2 heterocycles. The normalized spacial score (nSPS) is 19.8. The lowest BCUT2D eigenvalue weighted by atomic mass is 10.2. The lowest BCUT2D eigenvalue weighted by molar-refractivity contribution is -0.0447. The predicted octanol–water partition coefficient (Wildman–Crippen LogP) is 2.44. The highest BCUT2D eigenvalue weighted by Gasteiger charge is 2.30. The van der Waals surface area contributed by atoms with Gasteiger partial charge in [-0.25, -0.2) is 9.78 Å². The van der Waals surface area contributed by atoms with Crippen LogP contribution in [0.4, 0.5) is 4.79 Å². The van der Waals surface area contributed by atoms with Crippen LogP contribution in [0.1, 0.15) is 32.6 Å². The number of aromatic nitrogens is 2. The zero-order valence-electron chi connectivity index (χ0n) is 11.8. The van der Waals surface area contributed by atoms with Crippen molar-refractivity contribution < 1.29 is 14.3 Å². The van der Waals surface area contributed by atoms with Crippen molar-refractivity contribution in [3.8, 4) is 0 Å². The van der Waals surface area contributed by atoms with Gasteiger partial charge in [0.15, 0.2) is 5.15 Å². The van der Waals surface area contributed by atoms with Crippen LogP contribution in [0.15, 0.2) is 12.4 Å². The van der Waals surface area contributed by atoms with Gasteiger partial charge in [-0.1, -0.05) is 11.6 Å². The van der Waals surface area contributed by atoms with Crippen molar-refractivity contribution in [1.82, 2.24) is 14.9 Å². The van der Waals surface area contributed by atoms with E-state index in [4.69, 9.17) is 21.1 Å². The van der Waals surface area contributed by atoms with Crippen LogP contribution in [0.25, 0.3) is 0 Å². The Morgan fingerprint density at radius 2 is 2.15 bits per heavy atom. The maximum absolute atomic E-state index is 12.1. The number of hydrogen-bond donors (Lipinski definition) is 0. The van der Waals surface area contributed by atoms with Crippen molar-refractivity contribution in [2.24, 2.45) is 0 Å². The summed E-state index contributed by atoms with van der Waals surface area (Å²) >= 11 is 6.00. The van der Waals surface area contributed by atoms with E-state index in [2.05, 4.69) is 9.97 Å².